The maximum Gasteiger partial charge on any atom is 0.243 e. The van der Waals surface area contributed by atoms with Gasteiger partial charge in [-0.25, -0.2) is 8.42 Å². The van der Waals surface area contributed by atoms with Crippen molar-refractivity contribution >= 4 is 27.3 Å². The SMILES string of the molecule is Cc1cc(S(=O)(=O)N(CCO)C2CCC2)cc(N)c1Cl. The number of aryl methyl sites for hydroxylation is 1. The number of hydrogen-bond donors (Lipinski definition) is 2. The molecule has 0 amide bonds. The van der Waals surface area contributed by atoms with Crippen molar-refractivity contribution in [1.29, 1.82) is 0 Å². The first-order valence-corrected chi connectivity index (χ1v) is 8.38. The van der Waals surface area contributed by atoms with Crippen molar-refractivity contribution in [2.45, 2.75) is 37.1 Å². The van der Waals surface area contributed by atoms with Crippen LogP contribution in [0.25, 0.3) is 0 Å². The monoisotopic (exact) mass is 318 g/mol. The van der Waals surface area contributed by atoms with Gasteiger partial charge >= 0.3 is 0 Å². The first-order chi connectivity index (χ1) is 9.37. The van der Waals surface area contributed by atoms with Gasteiger partial charge in [0.2, 0.25) is 10.0 Å². The Hall–Kier alpha value is -0.820. The number of nitrogen functional groups attached to an aromatic ring is 1. The van der Waals surface area contributed by atoms with E-state index >= 15 is 0 Å². The van der Waals surface area contributed by atoms with Gasteiger partial charge in [-0.2, -0.15) is 4.31 Å². The molecule has 5 nitrogen and oxygen atoms in total. The Kier molecular flexibility index (Phi) is 4.59. The molecular formula is C13H19ClN2O3S. The van der Waals surface area contributed by atoms with E-state index in [0.717, 1.165) is 19.3 Å². The Labute approximate surface area is 124 Å². The lowest BCUT2D eigenvalue weighted by molar-refractivity contribution is 0.178. The van der Waals surface area contributed by atoms with Gasteiger partial charge in [0.1, 0.15) is 0 Å². The van der Waals surface area contributed by atoms with Crippen LogP contribution in [0.5, 0.6) is 0 Å². The van der Waals surface area contributed by atoms with Crippen molar-refractivity contribution in [3.63, 3.8) is 0 Å². The predicted octanol–water partition coefficient (Wildman–Crippen LogP) is 1.77. The number of aliphatic hydroxyl groups is 1. The molecule has 7 heteroatoms. The van der Waals surface area contributed by atoms with E-state index in [2.05, 4.69) is 0 Å². The molecule has 1 saturated carbocycles. The van der Waals surface area contributed by atoms with Crippen LogP contribution in [0.1, 0.15) is 24.8 Å². The molecule has 0 bridgehead atoms. The highest BCUT2D eigenvalue weighted by atomic mass is 35.5. The van der Waals surface area contributed by atoms with Gasteiger partial charge in [0.05, 0.1) is 22.2 Å². The molecular weight excluding hydrogens is 300 g/mol. The van der Waals surface area contributed by atoms with E-state index in [9.17, 15) is 8.42 Å². The second-order valence-corrected chi connectivity index (χ2v) is 7.34. The van der Waals surface area contributed by atoms with Crippen LogP contribution in [0.3, 0.4) is 0 Å². The Morgan fingerprint density at radius 1 is 1.45 bits per heavy atom. The number of nitrogens with two attached hydrogens (primary N) is 1. The molecule has 0 aliphatic heterocycles. The maximum absolute atomic E-state index is 12.7. The van der Waals surface area contributed by atoms with E-state index in [1.165, 1.54) is 16.4 Å². The van der Waals surface area contributed by atoms with Crippen molar-refractivity contribution in [2.75, 3.05) is 18.9 Å². The third-order valence-electron chi connectivity index (χ3n) is 3.67. The number of sulfonamides is 1. The summed E-state index contributed by atoms with van der Waals surface area (Å²) in [6, 6.07) is 2.88. The second-order valence-electron chi connectivity index (χ2n) is 5.07. The Bertz CT molecular complexity index is 577. The molecule has 112 valence electrons. The molecule has 3 N–H and O–H groups in total. The molecule has 0 heterocycles. The zero-order valence-corrected chi connectivity index (χ0v) is 12.9. The summed E-state index contributed by atoms with van der Waals surface area (Å²) < 4.78 is 26.8. The fourth-order valence-electron chi connectivity index (χ4n) is 2.32. The Morgan fingerprint density at radius 2 is 2.10 bits per heavy atom. The second kappa shape index (κ2) is 5.89. The van der Waals surface area contributed by atoms with Crippen LogP contribution in [0.15, 0.2) is 17.0 Å². The summed E-state index contributed by atoms with van der Waals surface area (Å²) in [6.45, 7) is 1.63. The summed E-state index contributed by atoms with van der Waals surface area (Å²) in [6.07, 6.45) is 2.69. The van der Waals surface area contributed by atoms with Crippen LogP contribution in [-0.4, -0.2) is 37.0 Å². The first-order valence-electron chi connectivity index (χ1n) is 6.56. The number of aliphatic hydroxyl groups excluding tert-OH is 1. The third kappa shape index (κ3) is 2.79. The van der Waals surface area contributed by atoms with Gasteiger partial charge in [0.25, 0.3) is 0 Å². The molecule has 20 heavy (non-hydrogen) atoms. The number of hydrogen-bond acceptors (Lipinski definition) is 4. The van der Waals surface area contributed by atoms with Gasteiger partial charge in [0.15, 0.2) is 0 Å². The van der Waals surface area contributed by atoms with E-state index in [1.807, 2.05) is 0 Å². The lowest BCUT2D eigenvalue weighted by Crippen LogP contribution is -2.45. The molecule has 0 atom stereocenters. The first kappa shape index (κ1) is 15.6. The lowest BCUT2D eigenvalue weighted by atomic mass is 9.93. The topological polar surface area (TPSA) is 83.6 Å². The largest absolute Gasteiger partial charge is 0.397 e. The van der Waals surface area contributed by atoms with E-state index in [4.69, 9.17) is 22.4 Å². The molecule has 2 rings (SSSR count). The molecule has 0 unspecified atom stereocenters. The number of anilines is 1. The summed E-state index contributed by atoms with van der Waals surface area (Å²) in [5.74, 6) is 0. The van der Waals surface area contributed by atoms with E-state index < -0.39 is 10.0 Å². The van der Waals surface area contributed by atoms with E-state index in [-0.39, 0.29) is 29.8 Å². The lowest BCUT2D eigenvalue weighted by Gasteiger charge is -2.36. The average Bonchev–Trinajstić information content (AvgIpc) is 2.32. The Morgan fingerprint density at radius 3 is 2.55 bits per heavy atom. The molecule has 1 aliphatic carbocycles. The van der Waals surface area contributed by atoms with E-state index in [0.29, 0.717) is 10.6 Å². The van der Waals surface area contributed by atoms with E-state index in [1.54, 1.807) is 6.92 Å². The minimum atomic E-state index is -3.65. The molecule has 1 aromatic rings. The number of nitrogens with zero attached hydrogens (tertiary/aromatic N) is 1. The van der Waals surface area contributed by atoms with Crippen molar-refractivity contribution in [3.8, 4) is 0 Å². The smallest absolute Gasteiger partial charge is 0.243 e. The standard InChI is InChI=1S/C13H19ClN2O3S/c1-9-7-11(8-12(15)13(9)14)20(18,19)16(5-6-17)10-3-2-4-10/h7-8,10,17H,2-6,15H2,1H3. The number of rotatable bonds is 5. The highest BCUT2D eigenvalue weighted by Gasteiger charge is 2.34. The van der Waals surface area contributed by atoms with Crippen LogP contribution < -0.4 is 5.73 Å². The number of halogens is 1. The molecule has 0 saturated heterocycles. The average molecular weight is 319 g/mol. The number of benzene rings is 1. The van der Waals surface area contributed by atoms with Crippen molar-refractivity contribution in [2.24, 2.45) is 0 Å². The van der Waals surface area contributed by atoms with Crippen molar-refractivity contribution in [3.05, 3.63) is 22.7 Å². The molecule has 1 aliphatic rings. The zero-order valence-electron chi connectivity index (χ0n) is 11.3. The molecule has 1 fully saturated rings. The minimum absolute atomic E-state index is 0.0237. The highest BCUT2D eigenvalue weighted by Crippen LogP contribution is 2.32. The van der Waals surface area contributed by atoms with Crippen molar-refractivity contribution in [1.82, 2.24) is 4.31 Å². The van der Waals surface area contributed by atoms with Crippen LogP contribution in [0.2, 0.25) is 5.02 Å². The fraction of sp³-hybridized carbons (Fsp3) is 0.538. The summed E-state index contributed by atoms with van der Waals surface area (Å²) in [5, 5.41) is 9.49. The van der Waals surface area contributed by atoms with Gasteiger partial charge in [0, 0.05) is 12.6 Å². The summed E-state index contributed by atoms with van der Waals surface area (Å²) in [7, 11) is -3.65. The van der Waals surface area contributed by atoms with Gasteiger partial charge < -0.3 is 10.8 Å². The van der Waals surface area contributed by atoms with Gasteiger partial charge in [-0.15, -0.1) is 0 Å². The third-order valence-corrected chi connectivity index (χ3v) is 6.11. The van der Waals surface area contributed by atoms with Gasteiger partial charge in [-0.1, -0.05) is 18.0 Å². The minimum Gasteiger partial charge on any atom is -0.397 e. The summed E-state index contributed by atoms with van der Waals surface area (Å²) in [4.78, 5) is 0.136. The van der Waals surface area contributed by atoms with Crippen molar-refractivity contribution < 1.29 is 13.5 Å². The molecule has 0 spiro atoms. The van der Waals surface area contributed by atoms with Crippen LogP contribution in [-0.2, 0) is 10.0 Å². The van der Waals surface area contributed by atoms with Crippen LogP contribution in [0.4, 0.5) is 5.69 Å². The summed E-state index contributed by atoms with van der Waals surface area (Å²) >= 11 is 5.97. The molecule has 0 aromatic heterocycles. The van der Waals surface area contributed by atoms with Crippen LogP contribution >= 0.6 is 11.6 Å². The quantitative estimate of drug-likeness (QED) is 0.810. The Balaban J connectivity index is 2.42. The summed E-state index contributed by atoms with van der Waals surface area (Å²) in [5.41, 5.74) is 6.63. The maximum atomic E-state index is 12.7. The van der Waals surface area contributed by atoms with Gasteiger partial charge in [-0.3, -0.25) is 0 Å². The fourth-order valence-corrected chi connectivity index (χ4v) is 4.23. The normalized spacial score (nSPS) is 16.4. The highest BCUT2D eigenvalue weighted by molar-refractivity contribution is 7.89. The predicted molar refractivity (Wildman–Crippen MR) is 79.2 cm³/mol. The molecule has 1 aromatic carbocycles. The van der Waals surface area contributed by atoms with Gasteiger partial charge in [-0.05, 0) is 37.5 Å². The molecule has 0 radical (unpaired) electrons. The van der Waals surface area contributed by atoms with Crippen LogP contribution in [0, 0.1) is 6.92 Å². The zero-order chi connectivity index (χ0) is 14.9.